The van der Waals surface area contributed by atoms with Crippen molar-refractivity contribution in [3.63, 3.8) is 0 Å². The molecule has 172 valence electrons. The van der Waals surface area contributed by atoms with Gasteiger partial charge in [-0.25, -0.2) is 9.59 Å². The highest BCUT2D eigenvalue weighted by Crippen LogP contribution is 2.15. The second kappa shape index (κ2) is 11.1. The van der Waals surface area contributed by atoms with E-state index in [1.807, 2.05) is 36.4 Å². The Morgan fingerprint density at radius 1 is 0.824 bits per heavy atom. The van der Waals surface area contributed by atoms with Crippen molar-refractivity contribution in [2.45, 2.75) is 19.3 Å². The molecule has 34 heavy (non-hydrogen) atoms. The second-order valence-electron chi connectivity index (χ2n) is 7.87. The minimum absolute atomic E-state index is 0.0527. The Balaban J connectivity index is 1.26. The van der Waals surface area contributed by atoms with Crippen LogP contribution in [0.3, 0.4) is 0 Å². The molecule has 6 heteroatoms. The zero-order valence-corrected chi connectivity index (χ0v) is 18.7. The van der Waals surface area contributed by atoms with Crippen molar-refractivity contribution >= 4 is 22.8 Å². The van der Waals surface area contributed by atoms with E-state index in [-0.39, 0.29) is 24.7 Å². The van der Waals surface area contributed by atoms with Crippen LogP contribution in [0.2, 0.25) is 0 Å². The predicted octanol–water partition coefficient (Wildman–Crippen LogP) is 4.56. The fourth-order valence-corrected chi connectivity index (χ4v) is 3.69. The summed E-state index contributed by atoms with van der Waals surface area (Å²) in [5.74, 6) is -0.901. The molecule has 0 spiro atoms. The summed E-state index contributed by atoms with van der Waals surface area (Å²) in [5.41, 5.74) is 2.39. The number of carbonyl (C=O) groups excluding carboxylic acids is 2. The van der Waals surface area contributed by atoms with E-state index >= 15 is 0 Å². The summed E-state index contributed by atoms with van der Waals surface area (Å²) >= 11 is 0. The SMILES string of the molecule is O=C(OCCCNC(=O)c1cc2ccccc2oc1=O)c1ccccc1CCc1ccccc1. The Morgan fingerprint density at radius 2 is 1.56 bits per heavy atom. The lowest BCUT2D eigenvalue weighted by atomic mass is 10.00. The lowest BCUT2D eigenvalue weighted by Crippen LogP contribution is -2.29. The molecule has 0 aliphatic heterocycles. The van der Waals surface area contributed by atoms with Crippen molar-refractivity contribution in [2.24, 2.45) is 0 Å². The Labute approximate surface area is 197 Å². The third-order valence-corrected chi connectivity index (χ3v) is 5.49. The number of benzene rings is 3. The number of hydrogen-bond acceptors (Lipinski definition) is 5. The van der Waals surface area contributed by atoms with Gasteiger partial charge in [0.15, 0.2) is 0 Å². The van der Waals surface area contributed by atoms with Crippen molar-refractivity contribution in [1.29, 1.82) is 0 Å². The molecule has 0 aliphatic rings. The Kier molecular flexibility index (Phi) is 7.50. The molecule has 6 nitrogen and oxygen atoms in total. The van der Waals surface area contributed by atoms with Gasteiger partial charge in [-0.15, -0.1) is 0 Å². The molecule has 0 atom stereocenters. The number of carbonyl (C=O) groups is 2. The minimum Gasteiger partial charge on any atom is -0.462 e. The van der Waals surface area contributed by atoms with Gasteiger partial charge < -0.3 is 14.5 Å². The van der Waals surface area contributed by atoms with Gasteiger partial charge in [0.05, 0.1) is 12.2 Å². The molecule has 0 fully saturated rings. The van der Waals surface area contributed by atoms with Crippen LogP contribution in [0.5, 0.6) is 0 Å². The van der Waals surface area contributed by atoms with Crippen LogP contribution in [-0.2, 0) is 17.6 Å². The molecule has 1 amide bonds. The number of aryl methyl sites for hydroxylation is 2. The summed E-state index contributed by atoms with van der Waals surface area (Å²) in [6, 6.07) is 26.1. The maximum Gasteiger partial charge on any atom is 0.349 e. The number of fused-ring (bicyclic) bond motifs is 1. The van der Waals surface area contributed by atoms with Gasteiger partial charge in [-0.1, -0.05) is 66.7 Å². The Hall–Kier alpha value is -4.19. The van der Waals surface area contributed by atoms with Gasteiger partial charge in [0.25, 0.3) is 5.91 Å². The molecule has 4 rings (SSSR count). The van der Waals surface area contributed by atoms with Gasteiger partial charge in [-0.2, -0.15) is 0 Å². The van der Waals surface area contributed by atoms with Gasteiger partial charge >= 0.3 is 11.6 Å². The van der Waals surface area contributed by atoms with Crippen LogP contribution >= 0.6 is 0 Å². The first-order valence-electron chi connectivity index (χ1n) is 11.2. The van der Waals surface area contributed by atoms with Gasteiger partial charge in [0.2, 0.25) is 0 Å². The fourth-order valence-electron chi connectivity index (χ4n) is 3.69. The zero-order valence-electron chi connectivity index (χ0n) is 18.7. The van der Waals surface area contributed by atoms with Crippen LogP contribution in [0.1, 0.15) is 38.3 Å². The maximum atomic E-state index is 12.6. The van der Waals surface area contributed by atoms with E-state index < -0.39 is 11.5 Å². The topological polar surface area (TPSA) is 85.6 Å². The molecule has 1 N–H and O–H groups in total. The van der Waals surface area contributed by atoms with Crippen LogP contribution in [-0.4, -0.2) is 25.0 Å². The molecule has 0 saturated heterocycles. The van der Waals surface area contributed by atoms with E-state index in [1.165, 1.54) is 11.6 Å². The highest BCUT2D eigenvalue weighted by atomic mass is 16.5. The predicted molar refractivity (Wildman–Crippen MR) is 130 cm³/mol. The first-order chi connectivity index (χ1) is 16.6. The molecule has 3 aromatic carbocycles. The third-order valence-electron chi connectivity index (χ3n) is 5.49. The number of hydrogen-bond donors (Lipinski definition) is 1. The molecule has 0 unspecified atom stereocenters. The molecule has 0 saturated carbocycles. The molecular weight excluding hydrogens is 430 g/mol. The van der Waals surface area contributed by atoms with Crippen molar-refractivity contribution in [3.05, 3.63) is 118 Å². The van der Waals surface area contributed by atoms with Crippen LogP contribution in [0.25, 0.3) is 11.0 Å². The number of ether oxygens (including phenoxy) is 1. The number of nitrogens with one attached hydrogen (secondary N) is 1. The highest BCUT2D eigenvalue weighted by molar-refractivity contribution is 5.96. The summed E-state index contributed by atoms with van der Waals surface area (Å²) < 4.78 is 10.6. The van der Waals surface area contributed by atoms with Gasteiger partial charge in [-0.3, -0.25) is 4.79 Å². The molecule has 4 aromatic rings. The molecular formula is C28H25NO5. The van der Waals surface area contributed by atoms with E-state index in [1.54, 1.807) is 30.3 Å². The van der Waals surface area contributed by atoms with Gasteiger partial charge in [0, 0.05) is 11.9 Å². The second-order valence-corrected chi connectivity index (χ2v) is 7.87. The quantitative estimate of drug-likeness (QED) is 0.227. The summed E-state index contributed by atoms with van der Waals surface area (Å²) in [4.78, 5) is 37.1. The average Bonchev–Trinajstić information content (AvgIpc) is 2.87. The first kappa shape index (κ1) is 23.0. The van der Waals surface area contributed by atoms with E-state index in [2.05, 4.69) is 17.4 Å². The van der Waals surface area contributed by atoms with Gasteiger partial charge in [-0.05, 0) is 48.6 Å². The lowest BCUT2D eigenvalue weighted by Gasteiger charge is -2.10. The molecule has 0 aliphatic carbocycles. The third kappa shape index (κ3) is 5.78. The summed E-state index contributed by atoms with van der Waals surface area (Å²) in [7, 11) is 0. The monoisotopic (exact) mass is 455 g/mol. The highest BCUT2D eigenvalue weighted by Gasteiger charge is 2.14. The number of amides is 1. The minimum atomic E-state index is -0.685. The van der Waals surface area contributed by atoms with E-state index in [0.717, 1.165) is 18.4 Å². The Morgan fingerprint density at radius 3 is 2.41 bits per heavy atom. The van der Waals surface area contributed by atoms with E-state index in [4.69, 9.17) is 9.15 Å². The van der Waals surface area contributed by atoms with Crippen molar-refractivity contribution in [2.75, 3.05) is 13.2 Å². The number of esters is 1. The standard InChI is InChI=1S/C28H25NO5/c30-26(24-19-22-12-5-7-14-25(22)34-28(24)32)29-17-8-18-33-27(31)23-13-6-4-11-21(23)16-15-20-9-2-1-3-10-20/h1-7,9-14,19H,8,15-18H2,(H,29,30). The molecule has 0 bridgehead atoms. The van der Waals surface area contributed by atoms with Crippen LogP contribution in [0.4, 0.5) is 0 Å². The smallest absolute Gasteiger partial charge is 0.349 e. The van der Waals surface area contributed by atoms with E-state index in [9.17, 15) is 14.4 Å². The summed E-state index contributed by atoms with van der Waals surface area (Å²) in [5, 5.41) is 3.35. The maximum absolute atomic E-state index is 12.6. The first-order valence-corrected chi connectivity index (χ1v) is 11.2. The zero-order chi connectivity index (χ0) is 23.8. The Bertz CT molecular complexity index is 1340. The molecule has 1 aromatic heterocycles. The normalized spacial score (nSPS) is 10.7. The summed E-state index contributed by atoms with van der Waals surface area (Å²) in [6.07, 6.45) is 1.99. The van der Waals surface area contributed by atoms with E-state index in [0.29, 0.717) is 23.0 Å². The molecule has 1 heterocycles. The van der Waals surface area contributed by atoms with Crippen LogP contribution in [0, 0.1) is 0 Å². The van der Waals surface area contributed by atoms with Crippen LogP contribution in [0.15, 0.2) is 94.1 Å². The van der Waals surface area contributed by atoms with Crippen molar-refractivity contribution in [1.82, 2.24) is 5.32 Å². The van der Waals surface area contributed by atoms with Crippen LogP contribution < -0.4 is 10.9 Å². The van der Waals surface area contributed by atoms with Gasteiger partial charge in [0.1, 0.15) is 11.1 Å². The average molecular weight is 456 g/mol. The lowest BCUT2D eigenvalue weighted by molar-refractivity contribution is 0.0499. The molecule has 0 radical (unpaired) electrons. The van der Waals surface area contributed by atoms with Crippen molar-refractivity contribution < 1.29 is 18.7 Å². The largest absolute Gasteiger partial charge is 0.462 e. The number of para-hydroxylation sites is 1. The summed E-state index contributed by atoms with van der Waals surface area (Å²) in [6.45, 7) is 0.409. The number of rotatable bonds is 9. The van der Waals surface area contributed by atoms with Crippen molar-refractivity contribution in [3.8, 4) is 0 Å². The fraction of sp³-hybridized carbons (Fsp3) is 0.179.